The molecule has 1 amide bonds. The number of likely N-dealkylation sites (tertiary alicyclic amines) is 1. The summed E-state index contributed by atoms with van der Waals surface area (Å²) in [6, 6.07) is 1.09. The van der Waals surface area contributed by atoms with Crippen LogP contribution in [0.25, 0.3) is 0 Å². The summed E-state index contributed by atoms with van der Waals surface area (Å²) in [4.78, 5) is 13.1. The molecule has 0 bridgehead atoms. The second-order valence-electron chi connectivity index (χ2n) is 5.07. The highest BCUT2D eigenvalue weighted by molar-refractivity contribution is 7.85. The minimum Gasteiger partial charge on any atom is -0.343 e. The number of piperidine rings is 1. The highest BCUT2D eigenvalue weighted by Gasteiger charge is 2.24. The first-order valence-corrected chi connectivity index (χ1v) is 8.00. The number of hydrogen-bond donors (Lipinski definition) is 1. The van der Waals surface area contributed by atoms with E-state index in [0.29, 0.717) is 12.1 Å². The summed E-state index contributed by atoms with van der Waals surface area (Å²) < 4.78 is 11.3. The molecule has 0 spiro atoms. The van der Waals surface area contributed by atoms with Crippen LogP contribution in [0.4, 0.5) is 0 Å². The fourth-order valence-corrected chi connectivity index (χ4v) is 3.95. The van der Waals surface area contributed by atoms with Crippen molar-refractivity contribution in [2.24, 2.45) is 0 Å². The van der Waals surface area contributed by atoms with E-state index in [1.807, 2.05) is 4.90 Å². The summed E-state index contributed by atoms with van der Waals surface area (Å²) in [7, 11) is -0.572. The molecule has 2 heterocycles. The van der Waals surface area contributed by atoms with Crippen LogP contribution in [0.3, 0.4) is 0 Å². The van der Waals surface area contributed by atoms with Gasteiger partial charge in [0.1, 0.15) is 0 Å². The maximum Gasteiger partial charge on any atom is 0.219 e. The molecule has 0 radical (unpaired) electrons. The van der Waals surface area contributed by atoms with Gasteiger partial charge in [0.25, 0.3) is 0 Å². The highest BCUT2D eigenvalue weighted by atomic mass is 32.2. The van der Waals surface area contributed by atoms with Crippen molar-refractivity contribution in [3.05, 3.63) is 0 Å². The van der Waals surface area contributed by atoms with Crippen LogP contribution in [0.5, 0.6) is 0 Å². The van der Waals surface area contributed by atoms with E-state index in [4.69, 9.17) is 0 Å². The fraction of sp³-hybridized carbons (Fsp3) is 0.917. The Morgan fingerprint density at radius 3 is 2.18 bits per heavy atom. The van der Waals surface area contributed by atoms with Crippen LogP contribution in [0, 0.1) is 0 Å². The van der Waals surface area contributed by atoms with E-state index in [9.17, 15) is 9.00 Å². The first-order chi connectivity index (χ1) is 8.15. The zero-order valence-electron chi connectivity index (χ0n) is 10.5. The Kier molecular flexibility index (Phi) is 4.56. The second kappa shape index (κ2) is 5.96. The molecule has 1 N–H and O–H groups in total. The van der Waals surface area contributed by atoms with Crippen molar-refractivity contribution in [3.8, 4) is 0 Å². The van der Waals surface area contributed by atoms with E-state index in [1.54, 1.807) is 6.92 Å². The molecule has 2 rings (SSSR count). The summed E-state index contributed by atoms with van der Waals surface area (Å²) in [5.41, 5.74) is 0. The van der Waals surface area contributed by atoms with Crippen LogP contribution in [-0.4, -0.2) is 51.7 Å². The van der Waals surface area contributed by atoms with Gasteiger partial charge in [-0.15, -0.1) is 0 Å². The molecule has 2 aliphatic heterocycles. The monoisotopic (exact) mass is 258 g/mol. The molecule has 0 aliphatic carbocycles. The maximum atomic E-state index is 11.3. The number of nitrogens with one attached hydrogen (secondary N) is 1. The minimum atomic E-state index is -0.572. The lowest BCUT2D eigenvalue weighted by atomic mass is 10.0. The predicted molar refractivity (Wildman–Crippen MR) is 69.3 cm³/mol. The van der Waals surface area contributed by atoms with E-state index in [0.717, 1.165) is 50.3 Å². The van der Waals surface area contributed by atoms with Crippen molar-refractivity contribution in [2.45, 2.75) is 44.7 Å². The first kappa shape index (κ1) is 13.0. The van der Waals surface area contributed by atoms with Crippen LogP contribution in [0.2, 0.25) is 0 Å². The zero-order valence-corrected chi connectivity index (χ0v) is 11.3. The third-order valence-electron chi connectivity index (χ3n) is 3.80. The number of carbonyl (C=O) groups is 1. The summed E-state index contributed by atoms with van der Waals surface area (Å²) in [5, 5.41) is 3.67. The van der Waals surface area contributed by atoms with Crippen molar-refractivity contribution in [3.63, 3.8) is 0 Å². The van der Waals surface area contributed by atoms with Crippen LogP contribution in [0.1, 0.15) is 32.6 Å². The van der Waals surface area contributed by atoms with Crippen molar-refractivity contribution >= 4 is 16.7 Å². The Labute approximate surface area is 106 Å². The molecule has 17 heavy (non-hydrogen) atoms. The molecule has 0 atom stereocenters. The summed E-state index contributed by atoms with van der Waals surface area (Å²) in [6.45, 7) is 3.40. The van der Waals surface area contributed by atoms with E-state index >= 15 is 0 Å². The van der Waals surface area contributed by atoms with Crippen LogP contribution < -0.4 is 5.32 Å². The van der Waals surface area contributed by atoms with Gasteiger partial charge in [-0.25, -0.2) is 0 Å². The van der Waals surface area contributed by atoms with Crippen LogP contribution >= 0.6 is 0 Å². The lowest BCUT2D eigenvalue weighted by Gasteiger charge is -2.35. The second-order valence-corrected chi connectivity index (χ2v) is 6.77. The molecule has 0 aromatic carbocycles. The predicted octanol–water partition coefficient (Wildman–Crippen LogP) is 0.498. The average Bonchev–Trinajstić information content (AvgIpc) is 2.33. The molecule has 0 aromatic rings. The number of rotatable bonds is 2. The Hall–Kier alpha value is -0.420. The van der Waals surface area contributed by atoms with Gasteiger partial charge in [-0.3, -0.25) is 9.00 Å². The smallest absolute Gasteiger partial charge is 0.219 e. The van der Waals surface area contributed by atoms with Crippen molar-refractivity contribution in [2.75, 3.05) is 24.6 Å². The van der Waals surface area contributed by atoms with Crippen molar-refractivity contribution < 1.29 is 9.00 Å². The zero-order chi connectivity index (χ0) is 12.3. The van der Waals surface area contributed by atoms with Gasteiger partial charge in [-0.05, 0) is 25.7 Å². The highest BCUT2D eigenvalue weighted by Crippen LogP contribution is 2.15. The quantitative estimate of drug-likeness (QED) is 0.784. The SMILES string of the molecule is CC(=O)N1CCC(NC2CCS(=O)CC2)CC1. The van der Waals surface area contributed by atoms with Gasteiger partial charge in [-0.2, -0.15) is 0 Å². The largest absolute Gasteiger partial charge is 0.343 e. The van der Waals surface area contributed by atoms with Gasteiger partial charge in [-0.1, -0.05) is 0 Å². The average molecular weight is 258 g/mol. The Bertz CT molecular complexity index is 291. The molecule has 0 saturated carbocycles. The standard InChI is InChI=1S/C12H22N2O2S/c1-10(15)14-6-2-11(3-7-14)13-12-4-8-17(16)9-5-12/h11-13H,2-9H2,1H3. The molecule has 0 unspecified atom stereocenters. The molecule has 2 saturated heterocycles. The van der Waals surface area contributed by atoms with E-state index in [-0.39, 0.29) is 5.91 Å². The number of nitrogens with zero attached hydrogens (tertiary/aromatic N) is 1. The van der Waals surface area contributed by atoms with Gasteiger partial charge < -0.3 is 10.2 Å². The van der Waals surface area contributed by atoms with E-state index in [2.05, 4.69) is 5.32 Å². The topological polar surface area (TPSA) is 49.4 Å². The van der Waals surface area contributed by atoms with Crippen LogP contribution in [-0.2, 0) is 15.6 Å². The molecule has 4 nitrogen and oxygen atoms in total. The van der Waals surface area contributed by atoms with E-state index < -0.39 is 10.8 Å². The Morgan fingerprint density at radius 2 is 1.65 bits per heavy atom. The van der Waals surface area contributed by atoms with E-state index in [1.165, 1.54) is 0 Å². The normalized spacial score (nSPS) is 31.5. The van der Waals surface area contributed by atoms with Crippen molar-refractivity contribution in [1.82, 2.24) is 10.2 Å². The summed E-state index contributed by atoms with van der Waals surface area (Å²) in [6.07, 6.45) is 4.19. The lowest BCUT2D eigenvalue weighted by Crippen LogP contribution is -2.48. The molecular weight excluding hydrogens is 236 g/mol. The van der Waals surface area contributed by atoms with Crippen molar-refractivity contribution in [1.29, 1.82) is 0 Å². The molecule has 2 fully saturated rings. The van der Waals surface area contributed by atoms with Crippen LogP contribution in [0.15, 0.2) is 0 Å². The number of amides is 1. The minimum absolute atomic E-state index is 0.191. The lowest BCUT2D eigenvalue weighted by molar-refractivity contribution is -0.129. The third kappa shape index (κ3) is 3.78. The molecule has 98 valence electrons. The molecule has 0 aromatic heterocycles. The Balaban J connectivity index is 1.71. The van der Waals surface area contributed by atoms with Gasteiger partial charge >= 0.3 is 0 Å². The first-order valence-electron chi connectivity index (χ1n) is 6.51. The molecular formula is C12H22N2O2S. The molecule has 5 heteroatoms. The third-order valence-corrected chi connectivity index (χ3v) is 5.18. The van der Waals surface area contributed by atoms with Gasteiger partial charge in [0.2, 0.25) is 5.91 Å². The fourth-order valence-electron chi connectivity index (χ4n) is 2.65. The maximum absolute atomic E-state index is 11.3. The molecule has 2 aliphatic rings. The van der Waals surface area contributed by atoms with Gasteiger partial charge in [0.05, 0.1) is 0 Å². The number of carbonyl (C=O) groups excluding carboxylic acids is 1. The van der Waals surface area contributed by atoms with Gasteiger partial charge in [0.15, 0.2) is 0 Å². The Morgan fingerprint density at radius 1 is 1.12 bits per heavy atom. The summed E-state index contributed by atoms with van der Waals surface area (Å²) >= 11 is 0. The number of hydrogen-bond acceptors (Lipinski definition) is 3. The van der Waals surface area contributed by atoms with Gasteiger partial charge in [0, 0.05) is 54.4 Å². The summed E-state index contributed by atoms with van der Waals surface area (Å²) in [5.74, 6) is 1.89.